The van der Waals surface area contributed by atoms with Crippen molar-refractivity contribution in [3.8, 4) is 0 Å². The first-order valence-electron chi connectivity index (χ1n) is 3.27. The van der Waals surface area contributed by atoms with Crippen LogP contribution in [-0.2, 0) is 0 Å². The van der Waals surface area contributed by atoms with Gasteiger partial charge in [-0.25, -0.2) is 0 Å². The Labute approximate surface area is 56.9 Å². The Morgan fingerprint density at radius 1 is 1.67 bits per heavy atom. The van der Waals surface area contributed by atoms with E-state index in [0.29, 0.717) is 6.54 Å². The Kier molecular flexibility index (Phi) is 4.36. The van der Waals surface area contributed by atoms with Gasteiger partial charge in [0.15, 0.2) is 0 Å². The molecule has 0 aromatic heterocycles. The van der Waals surface area contributed by atoms with Gasteiger partial charge in [-0.05, 0) is 19.8 Å². The zero-order chi connectivity index (χ0) is 7.28. The van der Waals surface area contributed by atoms with Crippen molar-refractivity contribution in [2.75, 3.05) is 6.54 Å². The summed E-state index contributed by atoms with van der Waals surface area (Å²) in [6.45, 7) is 6.34. The highest BCUT2D eigenvalue weighted by molar-refractivity contribution is 4.88. The average Bonchev–Trinajstić information content (AvgIpc) is 1.83. The number of allylic oxidation sites excluding steroid dienone is 1. The van der Waals surface area contributed by atoms with Crippen molar-refractivity contribution < 1.29 is 0 Å². The molecule has 1 atom stereocenters. The van der Waals surface area contributed by atoms with E-state index in [1.807, 2.05) is 6.92 Å². The van der Waals surface area contributed by atoms with Crippen molar-refractivity contribution >= 4 is 0 Å². The summed E-state index contributed by atoms with van der Waals surface area (Å²) in [5, 5.41) is 0. The normalized spacial score (nSPS) is 13.2. The summed E-state index contributed by atoms with van der Waals surface area (Å²) in [7, 11) is 0. The lowest BCUT2D eigenvalue weighted by molar-refractivity contribution is 0.621. The van der Waals surface area contributed by atoms with Crippen molar-refractivity contribution in [1.29, 1.82) is 0 Å². The molecule has 54 valence electrons. The molecule has 0 aromatic carbocycles. The molecule has 4 N–H and O–H groups in total. The molecule has 0 radical (unpaired) electrons. The van der Waals surface area contributed by atoms with Gasteiger partial charge in [-0.2, -0.15) is 0 Å². The second-order valence-corrected chi connectivity index (χ2v) is 2.49. The van der Waals surface area contributed by atoms with Gasteiger partial charge in [-0.1, -0.05) is 5.57 Å². The predicted molar refractivity (Wildman–Crippen MR) is 41.1 cm³/mol. The quantitative estimate of drug-likeness (QED) is 0.545. The molecule has 2 heteroatoms. The third kappa shape index (κ3) is 5.53. The zero-order valence-corrected chi connectivity index (χ0v) is 6.06. The molecule has 0 saturated carbocycles. The van der Waals surface area contributed by atoms with Gasteiger partial charge in [-0.15, -0.1) is 6.58 Å². The summed E-state index contributed by atoms with van der Waals surface area (Å²) in [6, 6.07) is 0.154. The van der Waals surface area contributed by atoms with E-state index in [0.717, 1.165) is 12.8 Å². The minimum atomic E-state index is 0.154. The van der Waals surface area contributed by atoms with Crippen molar-refractivity contribution in [3.63, 3.8) is 0 Å². The van der Waals surface area contributed by atoms with Gasteiger partial charge in [0.25, 0.3) is 0 Å². The second-order valence-electron chi connectivity index (χ2n) is 2.49. The molecule has 0 heterocycles. The van der Waals surface area contributed by atoms with E-state index in [9.17, 15) is 0 Å². The number of nitrogens with two attached hydrogens (primary N) is 2. The van der Waals surface area contributed by atoms with Gasteiger partial charge in [0.1, 0.15) is 0 Å². The molecular formula is C7H16N2. The Balaban J connectivity index is 3.16. The molecular weight excluding hydrogens is 112 g/mol. The number of hydrogen-bond donors (Lipinski definition) is 2. The topological polar surface area (TPSA) is 52.0 Å². The van der Waals surface area contributed by atoms with Gasteiger partial charge < -0.3 is 11.5 Å². The van der Waals surface area contributed by atoms with Crippen LogP contribution in [0.4, 0.5) is 0 Å². The van der Waals surface area contributed by atoms with E-state index < -0.39 is 0 Å². The average molecular weight is 128 g/mol. The third-order valence-corrected chi connectivity index (χ3v) is 1.24. The Hall–Kier alpha value is -0.340. The van der Waals surface area contributed by atoms with Crippen LogP contribution in [0.2, 0.25) is 0 Å². The lowest BCUT2D eigenvalue weighted by Gasteiger charge is -2.06. The van der Waals surface area contributed by atoms with E-state index >= 15 is 0 Å². The maximum Gasteiger partial charge on any atom is 0.0166 e. The SMILES string of the molecule is C=C(C)CCC(N)CN. The standard InChI is InChI=1S/C7H16N2/c1-6(2)3-4-7(9)5-8/h7H,1,3-5,8-9H2,2H3. The van der Waals surface area contributed by atoms with Gasteiger partial charge in [0.05, 0.1) is 0 Å². The highest BCUT2D eigenvalue weighted by Crippen LogP contribution is 2.01. The molecule has 0 spiro atoms. The van der Waals surface area contributed by atoms with Gasteiger partial charge in [0, 0.05) is 12.6 Å². The van der Waals surface area contributed by atoms with Crippen molar-refractivity contribution in [2.24, 2.45) is 11.5 Å². The van der Waals surface area contributed by atoms with E-state index in [4.69, 9.17) is 11.5 Å². The van der Waals surface area contributed by atoms with E-state index in [-0.39, 0.29) is 6.04 Å². The van der Waals surface area contributed by atoms with Crippen molar-refractivity contribution in [1.82, 2.24) is 0 Å². The van der Waals surface area contributed by atoms with Gasteiger partial charge in [-0.3, -0.25) is 0 Å². The van der Waals surface area contributed by atoms with Crippen LogP contribution < -0.4 is 11.5 Å². The number of rotatable bonds is 4. The molecule has 0 aromatic rings. The lowest BCUT2D eigenvalue weighted by atomic mass is 10.1. The van der Waals surface area contributed by atoms with Crippen LogP contribution in [0.3, 0.4) is 0 Å². The van der Waals surface area contributed by atoms with Crippen LogP contribution in [0.5, 0.6) is 0 Å². The smallest absolute Gasteiger partial charge is 0.0166 e. The van der Waals surface area contributed by atoms with Crippen molar-refractivity contribution in [3.05, 3.63) is 12.2 Å². The fourth-order valence-electron chi connectivity index (χ4n) is 0.550. The highest BCUT2D eigenvalue weighted by atomic mass is 14.7. The van der Waals surface area contributed by atoms with Crippen LogP contribution in [0.1, 0.15) is 19.8 Å². The second kappa shape index (κ2) is 4.53. The molecule has 0 amide bonds. The van der Waals surface area contributed by atoms with E-state index in [2.05, 4.69) is 6.58 Å². The first-order chi connectivity index (χ1) is 4.16. The molecule has 2 nitrogen and oxygen atoms in total. The summed E-state index contributed by atoms with van der Waals surface area (Å²) in [5.74, 6) is 0. The van der Waals surface area contributed by atoms with Crippen LogP contribution in [0, 0.1) is 0 Å². The lowest BCUT2D eigenvalue weighted by Crippen LogP contribution is -2.29. The monoisotopic (exact) mass is 128 g/mol. The van der Waals surface area contributed by atoms with Crippen LogP contribution in [-0.4, -0.2) is 12.6 Å². The minimum absolute atomic E-state index is 0.154. The summed E-state index contributed by atoms with van der Waals surface area (Å²) in [5.41, 5.74) is 12.0. The predicted octanol–water partition coefficient (Wildman–Crippen LogP) is 0.629. The molecule has 0 aliphatic heterocycles. The van der Waals surface area contributed by atoms with E-state index in [1.54, 1.807) is 0 Å². The molecule has 0 rings (SSSR count). The van der Waals surface area contributed by atoms with Crippen LogP contribution in [0.25, 0.3) is 0 Å². The summed E-state index contributed by atoms with van der Waals surface area (Å²) in [4.78, 5) is 0. The van der Waals surface area contributed by atoms with Crippen LogP contribution >= 0.6 is 0 Å². The van der Waals surface area contributed by atoms with Crippen LogP contribution in [0.15, 0.2) is 12.2 Å². The first-order valence-corrected chi connectivity index (χ1v) is 3.27. The molecule has 0 fully saturated rings. The maximum absolute atomic E-state index is 5.56. The molecule has 0 saturated heterocycles. The Morgan fingerprint density at radius 3 is 2.56 bits per heavy atom. The first kappa shape index (κ1) is 8.66. The minimum Gasteiger partial charge on any atom is -0.329 e. The Bertz CT molecular complexity index is 88.9. The maximum atomic E-state index is 5.56. The molecule has 1 unspecified atom stereocenters. The third-order valence-electron chi connectivity index (χ3n) is 1.24. The fraction of sp³-hybridized carbons (Fsp3) is 0.714. The summed E-state index contributed by atoms with van der Waals surface area (Å²) >= 11 is 0. The largest absolute Gasteiger partial charge is 0.329 e. The van der Waals surface area contributed by atoms with Gasteiger partial charge in [0.2, 0.25) is 0 Å². The Morgan fingerprint density at radius 2 is 2.22 bits per heavy atom. The number of hydrogen-bond acceptors (Lipinski definition) is 2. The molecule has 0 aliphatic rings. The molecule has 0 bridgehead atoms. The van der Waals surface area contributed by atoms with Gasteiger partial charge >= 0.3 is 0 Å². The molecule has 9 heavy (non-hydrogen) atoms. The van der Waals surface area contributed by atoms with E-state index in [1.165, 1.54) is 5.57 Å². The van der Waals surface area contributed by atoms with Crippen molar-refractivity contribution in [2.45, 2.75) is 25.8 Å². The molecule has 0 aliphatic carbocycles. The fourth-order valence-corrected chi connectivity index (χ4v) is 0.550. The highest BCUT2D eigenvalue weighted by Gasteiger charge is 1.97. The summed E-state index contributed by atoms with van der Waals surface area (Å²) in [6.07, 6.45) is 1.96. The zero-order valence-electron chi connectivity index (χ0n) is 6.06. The summed E-state index contributed by atoms with van der Waals surface area (Å²) < 4.78 is 0.